The first-order valence-corrected chi connectivity index (χ1v) is 11.5. The van der Waals surface area contributed by atoms with E-state index in [1.807, 2.05) is 55.5 Å². The number of nitrogens with zero attached hydrogens (tertiary/aromatic N) is 2. The molecule has 1 heterocycles. The van der Waals surface area contributed by atoms with Crippen molar-refractivity contribution in [1.82, 2.24) is 4.90 Å². The molecule has 0 bridgehead atoms. The number of carbonyl (C=O) groups is 1. The Bertz CT molecular complexity index is 935. The number of hydrogen-bond acceptors (Lipinski definition) is 7. The van der Waals surface area contributed by atoms with Gasteiger partial charge in [-0.25, -0.2) is 0 Å². The van der Waals surface area contributed by atoms with Crippen LogP contribution in [0.1, 0.15) is 37.3 Å². The van der Waals surface area contributed by atoms with Crippen molar-refractivity contribution in [3.8, 4) is 5.75 Å². The molecule has 7 nitrogen and oxygen atoms in total. The van der Waals surface area contributed by atoms with Gasteiger partial charge in [0.2, 0.25) is 0 Å². The largest absolute Gasteiger partial charge is 0.497 e. The topological polar surface area (TPSA) is 80.6 Å². The molecule has 1 N–H and O–H groups in total. The van der Waals surface area contributed by atoms with Crippen molar-refractivity contribution < 1.29 is 24.2 Å². The molecule has 0 saturated heterocycles. The van der Waals surface area contributed by atoms with Crippen LogP contribution < -0.4 is 4.74 Å². The van der Waals surface area contributed by atoms with Crippen molar-refractivity contribution in [2.45, 2.75) is 44.9 Å². The summed E-state index contributed by atoms with van der Waals surface area (Å²) in [6, 6.07) is 15.3. The highest BCUT2D eigenvalue weighted by molar-refractivity contribution is 6.30. The predicted molar refractivity (Wildman–Crippen MR) is 128 cm³/mol. The summed E-state index contributed by atoms with van der Waals surface area (Å²) in [5.41, 5.74) is 2.89. The predicted octanol–water partition coefficient (Wildman–Crippen LogP) is 4.05. The van der Waals surface area contributed by atoms with Crippen LogP contribution in [0.25, 0.3) is 0 Å². The minimum Gasteiger partial charge on any atom is -0.497 e. The molecule has 3 rings (SSSR count). The fraction of sp³-hybridized carbons (Fsp3) is 0.440. The lowest BCUT2D eigenvalue weighted by atomic mass is 10.0. The van der Waals surface area contributed by atoms with Crippen LogP contribution in [0, 0.1) is 0 Å². The second kappa shape index (κ2) is 12.6. The Labute approximate surface area is 199 Å². The maximum Gasteiger partial charge on any atom is 0.305 e. The minimum absolute atomic E-state index is 0.0362. The van der Waals surface area contributed by atoms with Gasteiger partial charge in [-0.3, -0.25) is 9.69 Å². The zero-order chi connectivity index (χ0) is 23.6. The van der Waals surface area contributed by atoms with Gasteiger partial charge in [-0.2, -0.15) is 0 Å². The SMILES string of the molecule is CCCC(=O)OC[C@@H](O)CN(Cc1cccc(OC)c1)C[C@@H]1CC(c2ccc(Cl)cc2)=NO1. The average molecular weight is 475 g/mol. The van der Waals surface area contributed by atoms with E-state index in [1.165, 1.54) is 0 Å². The second-order valence-electron chi connectivity index (χ2n) is 8.11. The van der Waals surface area contributed by atoms with Gasteiger partial charge in [-0.05, 0) is 41.8 Å². The molecular weight excluding hydrogens is 444 g/mol. The minimum atomic E-state index is -0.811. The third-order valence-electron chi connectivity index (χ3n) is 5.27. The van der Waals surface area contributed by atoms with Gasteiger partial charge in [-0.1, -0.05) is 47.9 Å². The molecular formula is C25H31ClN2O5. The Morgan fingerprint density at radius 1 is 1.30 bits per heavy atom. The van der Waals surface area contributed by atoms with Crippen LogP contribution in [-0.4, -0.2) is 60.7 Å². The van der Waals surface area contributed by atoms with Crippen LogP contribution >= 0.6 is 11.6 Å². The van der Waals surface area contributed by atoms with Crippen molar-refractivity contribution in [3.63, 3.8) is 0 Å². The second-order valence-corrected chi connectivity index (χ2v) is 8.55. The van der Waals surface area contributed by atoms with Crippen molar-refractivity contribution in [2.75, 3.05) is 26.8 Å². The van der Waals surface area contributed by atoms with Gasteiger partial charge in [0.05, 0.1) is 12.8 Å². The lowest BCUT2D eigenvalue weighted by Gasteiger charge is -2.27. The third kappa shape index (κ3) is 8.03. The fourth-order valence-electron chi connectivity index (χ4n) is 3.68. The number of esters is 1. The first kappa shape index (κ1) is 25.0. The number of halogens is 1. The summed E-state index contributed by atoms with van der Waals surface area (Å²) in [6.07, 6.45) is 0.746. The quantitative estimate of drug-likeness (QED) is 0.467. The molecule has 0 radical (unpaired) electrons. The monoisotopic (exact) mass is 474 g/mol. The molecule has 0 amide bonds. The summed E-state index contributed by atoms with van der Waals surface area (Å²) < 4.78 is 10.5. The van der Waals surface area contributed by atoms with Crippen LogP contribution in [0.3, 0.4) is 0 Å². The van der Waals surface area contributed by atoms with E-state index in [0.717, 1.165) is 22.6 Å². The first-order chi connectivity index (χ1) is 16.0. The van der Waals surface area contributed by atoms with Crippen LogP contribution in [0.4, 0.5) is 0 Å². The standard InChI is InChI=1S/C25H31ClN2O5/c1-3-5-25(30)32-17-21(29)15-28(14-18-6-4-7-22(12-18)31-2)16-23-13-24(27-33-23)19-8-10-20(26)11-9-19/h4,6-12,21,23,29H,3,5,13-17H2,1-2H3/t21-,23-/m0/s1. The molecule has 1 aliphatic heterocycles. The van der Waals surface area contributed by atoms with Crippen LogP contribution in [0.15, 0.2) is 53.7 Å². The number of ether oxygens (including phenoxy) is 2. The zero-order valence-corrected chi connectivity index (χ0v) is 19.8. The molecule has 2 atom stereocenters. The van der Waals surface area contributed by atoms with E-state index in [-0.39, 0.29) is 18.7 Å². The molecule has 8 heteroatoms. The van der Waals surface area contributed by atoms with Gasteiger partial charge >= 0.3 is 5.97 Å². The number of oxime groups is 1. The molecule has 2 aromatic carbocycles. The van der Waals surface area contributed by atoms with Gasteiger partial charge < -0.3 is 19.4 Å². The maximum absolute atomic E-state index is 11.7. The Morgan fingerprint density at radius 3 is 2.82 bits per heavy atom. The summed E-state index contributed by atoms with van der Waals surface area (Å²) in [4.78, 5) is 19.4. The number of aliphatic hydroxyl groups excluding tert-OH is 1. The summed E-state index contributed by atoms with van der Waals surface area (Å²) in [5, 5.41) is 15.5. The van der Waals surface area contributed by atoms with Crippen LogP contribution in [0.2, 0.25) is 5.02 Å². The normalized spacial score (nSPS) is 16.3. The van der Waals surface area contributed by atoms with E-state index in [2.05, 4.69) is 10.1 Å². The number of rotatable bonds is 12. The molecule has 0 fully saturated rings. The molecule has 0 unspecified atom stereocenters. The number of hydrogen-bond donors (Lipinski definition) is 1. The lowest BCUT2D eigenvalue weighted by Crippen LogP contribution is -2.39. The van der Waals surface area contributed by atoms with Crippen molar-refractivity contribution in [1.29, 1.82) is 0 Å². The van der Waals surface area contributed by atoms with Gasteiger partial charge in [0.25, 0.3) is 0 Å². The van der Waals surface area contributed by atoms with Crippen molar-refractivity contribution >= 4 is 23.3 Å². The molecule has 0 saturated carbocycles. The Morgan fingerprint density at radius 2 is 2.09 bits per heavy atom. The van der Waals surface area contributed by atoms with Gasteiger partial charge in [0.15, 0.2) is 0 Å². The fourth-order valence-corrected chi connectivity index (χ4v) is 3.80. The number of methoxy groups -OCH3 is 1. The van der Waals surface area contributed by atoms with Gasteiger partial charge in [0.1, 0.15) is 24.6 Å². The van der Waals surface area contributed by atoms with E-state index >= 15 is 0 Å². The van der Waals surface area contributed by atoms with E-state index in [9.17, 15) is 9.90 Å². The lowest BCUT2D eigenvalue weighted by molar-refractivity contribution is -0.147. The van der Waals surface area contributed by atoms with E-state index in [4.69, 9.17) is 25.9 Å². The van der Waals surface area contributed by atoms with Gasteiger partial charge in [0, 0.05) is 37.5 Å². The number of aliphatic hydroxyl groups is 1. The zero-order valence-electron chi connectivity index (χ0n) is 19.1. The highest BCUT2D eigenvalue weighted by Crippen LogP contribution is 2.21. The number of carbonyl (C=O) groups excluding carboxylic acids is 1. The van der Waals surface area contributed by atoms with Crippen molar-refractivity contribution in [3.05, 3.63) is 64.7 Å². The van der Waals surface area contributed by atoms with E-state index in [0.29, 0.717) is 43.9 Å². The summed E-state index contributed by atoms with van der Waals surface area (Å²) in [6.45, 7) is 3.33. The molecule has 0 aromatic heterocycles. The third-order valence-corrected chi connectivity index (χ3v) is 5.52. The number of benzene rings is 2. The molecule has 0 aliphatic carbocycles. The highest BCUT2D eigenvalue weighted by Gasteiger charge is 2.26. The molecule has 0 spiro atoms. The smallest absolute Gasteiger partial charge is 0.305 e. The van der Waals surface area contributed by atoms with Crippen molar-refractivity contribution in [2.24, 2.45) is 5.16 Å². The maximum atomic E-state index is 11.7. The summed E-state index contributed by atoms with van der Waals surface area (Å²) >= 11 is 5.98. The molecule has 2 aromatic rings. The summed E-state index contributed by atoms with van der Waals surface area (Å²) in [5.74, 6) is 0.475. The van der Waals surface area contributed by atoms with E-state index < -0.39 is 6.10 Å². The van der Waals surface area contributed by atoms with Gasteiger partial charge in [-0.15, -0.1) is 0 Å². The van der Waals surface area contributed by atoms with Crippen LogP contribution in [0.5, 0.6) is 5.75 Å². The Balaban J connectivity index is 1.62. The van der Waals surface area contributed by atoms with E-state index in [1.54, 1.807) is 7.11 Å². The molecule has 1 aliphatic rings. The summed E-state index contributed by atoms with van der Waals surface area (Å²) in [7, 11) is 1.63. The Kier molecular flexibility index (Phi) is 9.54. The average Bonchev–Trinajstić information content (AvgIpc) is 3.27. The Hall–Kier alpha value is -2.61. The first-order valence-electron chi connectivity index (χ1n) is 11.1. The highest BCUT2D eigenvalue weighted by atomic mass is 35.5. The van der Waals surface area contributed by atoms with Crippen LogP contribution in [-0.2, 0) is 20.9 Å². The molecule has 33 heavy (non-hydrogen) atoms. The molecule has 178 valence electrons.